The Balaban J connectivity index is 3.28. The molecule has 0 bridgehead atoms. The Labute approximate surface area is 111 Å². The molecule has 0 saturated heterocycles. The second-order valence-corrected chi connectivity index (χ2v) is 4.46. The number of benzene rings is 1. The van der Waals surface area contributed by atoms with Gasteiger partial charge in [-0.05, 0) is 25.0 Å². The lowest BCUT2D eigenvalue weighted by atomic mass is 9.92. The number of aliphatic hydroxyl groups excluding tert-OH is 1. The molecule has 0 amide bonds. The van der Waals surface area contributed by atoms with E-state index >= 15 is 0 Å². The van der Waals surface area contributed by atoms with E-state index in [1.165, 1.54) is 6.07 Å². The number of anilines is 2. The minimum atomic E-state index is -1.31. The minimum absolute atomic E-state index is 0.156. The maximum absolute atomic E-state index is 13.3. The summed E-state index contributed by atoms with van der Waals surface area (Å²) >= 11 is 0. The number of nitrogens with two attached hydrogens (primary N) is 1. The summed E-state index contributed by atoms with van der Waals surface area (Å²) in [6, 6.07) is 2.43. The van der Waals surface area contributed by atoms with Gasteiger partial charge in [0.05, 0.1) is 23.5 Å². The van der Waals surface area contributed by atoms with Gasteiger partial charge in [-0.2, -0.15) is 0 Å². The van der Waals surface area contributed by atoms with Crippen LogP contribution in [0.2, 0.25) is 0 Å². The van der Waals surface area contributed by atoms with Gasteiger partial charge >= 0.3 is 5.97 Å². The zero-order valence-electron chi connectivity index (χ0n) is 11.0. The highest BCUT2D eigenvalue weighted by molar-refractivity contribution is 6.00. The summed E-state index contributed by atoms with van der Waals surface area (Å²) in [4.78, 5) is 11.2. The molecule has 0 fully saturated rings. The molecule has 1 rings (SSSR count). The molecule has 19 heavy (non-hydrogen) atoms. The van der Waals surface area contributed by atoms with Crippen LogP contribution in [0.1, 0.15) is 37.0 Å². The summed E-state index contributed by atoms with van der Waals surface area (Å²) in [5, 5.41) is 21.6. The molecule has 5 nitrogen and oxygen atoms in total. The van der Waals surface area contributed by atoms with E-state index in [2.05, 4.69) is 5.32 Å². The number of nitrogens with one attached hydrogen (secondary N) is 1. The minimum Gasteiger partial charge on any atom is -0.478 e. The molecule has 6 heteroatoms. The van der Waals surface area contributed by atoms with Crippen LogP contribution in [0.15, 0.2) is 12.1 Å². The second-order valence-electron chi connectivity index (χ2n) is 4.46. The zero-order valence-corrected chi connectivity index (χ0v) is 11.0. The van der Waals surface area contributed by atoms with Gasteiger partial charge in [0.15, 0.2) is 0 Å². The molecule has 1 aromatic rings. The van der Waals surface area contributed by atoms with Gasteiger partial charge in [0, 0.05) is 0 Å². The maximum atomic E-state index is 13.3. The molecule has 1 aromatic carbocycles. The molecule has 0 radical (unpaired) electrons. The molecule has 5 N–H and O–H groups in total. The predicted octanol–water partition coefficient (Wildman–Crippen LogP) is 2.07. The van der Waals surface area contributed by atoms with E-state index < -0.39 is 23.0 Å². The molecule has 0 saturated carbocycles. The van der Waals surface area contributed by atoms with E-state index in [1.807, 2.05) is 13.8 Å². The van der Waals surface area contributed by atoms with Gasteiger partial charge in [-0.3, -0.25) is 0 Å². The zero-order chi connectivity index (χ0) is 14.6. The lowest BCUT2D eigenvalue weighted by Gasteiger charge is -2.32. The van der Waals surface area contributed by atoms with E-state index in [0.717, 1.165) is 6.07 Å². The van der Waals surface area contributed by atoms with Crippen LogP contribution >= 0.6 is 0 Å². The molecule has 0 aliphatic rings. The number of halogens is 1. The van der Waals surface area contributed by atoms with Gasteiger partial charge in [-0.15, -0.1) is 0 Å². The first kappa shape index (κ1) is 15.2. The fourth-order valence-electron chi connectivity index (χ4n) is 1.90. The standard InChI is InChI=1S/C13H19FN2O3/c1-3-13(4-2,7-17)16-9-6-5-8(14)11(15)10(9)12(18)19/h5-6,16-17H,3-4,7,15H2,1-2H3,(H,18,19). The van der Waals surface area contributed by atoms with Crippen molar-refractivity contribution >= 4 is 17.3 Å². The molecular weight excluding hydrogens is 251 g/mol. The van der Waals surface area contributed by atoms with Crippen molar-refractivity contribution in [3.05, 3.63) is 23.5 Å². The number of aromatic carboxylic acids is 1. The highest BCUT2D eigenvalue weighted by atomic mass is 19.1. The van der Waals surface area contributed by atoms with Crippen molar-refractivity contribution < 1.29 is 19.4 Å². The van der Waals surface area contributed by atoms with Gasteiger partial charge in [-0.25, -0.2) is 9.18 Å². The number of rotatable bonds is 6. The van der Waals surface area contributed by atoms with Crippen molar-refractivity contribution in [1.29, 1.82) is 0 Å². The smallest absolute Gasteiger partial charge is 0.340 e. The Morgan fingerprint density at radius 2 is 2.00 bits per heavy atom. The van der Waals surface area contributed by atoms with Crippen molar-refractivity contribution in [3.8, 4) is 0 Å². The molecule has 0 unspecified atom stereocenters. The van der Waals surface area contributed by atoms with Crippen LogP contribution in [0.4, 0.5) is 15.8 Å². The van der Waals surface area contributed by atoms with Crippen molar-refractivity contribution in [2.75, 3.05) is 17.7 Å². The topological polar surface area (TPSA) is 95.6 Å². The summed E-state index contributed by atoms with van der Waals surface area (Å²) in [5.41, 5.74) is 4.33. The number of aliphatic hydroxyl groups is 1. The third-order valence-electron chi connectivity index (χ3n) is 3.46. The molecule has 106 valence electrons. The summed E-state index contributed by atoms with van der Waals surface area (Å²) in [7, 11) is 0. The van der Waals surface area contributed by atoms with Crippen molar-refractivity contribution in [2.24, 2.45) is 0 Å². The van der Waals surface area contributed by atoms with Gasteiger partial charge < -0.3 is 21.3 Å². The molecule has 0 aromatic heterocycles. The Morgan fingerprint density at radius 1 is 1.42 bits per heavy atom. The Bertz CT molecular complexity index is 465. The summed E-state index contributed by atoms with van der Waals surface area (Å²) in [6.07, 6.45) is 1.19. The molecule has 0 atom stereocenters. The monoisotopic (exact) mass is 270 g/mol. The van der Waals surface area contributed by atoms with Crippen LogP contribution in [0.25, 0.3) is 0 Å². The number of carboxylic acid groups (broad SMARTS) is 1. The average Bonchev–Trinajstić information content (AvgIpc) is 2.40. The molecule has 0 aliphatic carbocycles. The van der Waals surface area contributed by atoms with Crippen LogP contribution in [0.3, 0.4) is 0 Å². The third kappa shape index (κ3) is 2.96. The van der Waals surface area contributed by atoms with E-state index in [4.69, 9.17) is 10.8 Å². The Morgan fingerprint density at radius 3 is 2.42 bits per heavy atom. The van der Waals surface area contributed by atoms with Crippen molar-refractivity contribution in [3.63, 3.8) is 0 Å². The van der Waals surface area contributed by atoms with E-state index in [-0.39, 0.29) is 17.9 Å². The normalized spacial score (nSPS) is 11.4. The first-order valence-electron chi connectivity index (χ1n) is 6.11. The highest BCUT2D eigenvalue weighted by Gasteiger charge is 2.28. The third-order valence-corrected chi connectivity index (χ3v) is 3.46. The largest absolute Gasteiger partial charge is 0.478 e. The van der Waals surface area contributed by atoms with Crippen LogP contribution in [0, 0.1) is 5.82 Å². The molecular formula is C13H19FN2O3. The molecule has 0 spiro atoms. The van der Waals surface area contributed by atoms with Crippen LogP contribution in [-0.2, 0) is 0 Å². The average molecular weight is 270 g/mol. The fraction of sp³-hybridized carbons (Fsp3) is 0.462. The molecule has 0 aliphatic heterocycles. The summed E-state index contributed by atoms with van der Waals surface area (Å²) in [6.45, 7) is 3.59. The van der Waals surface area contributed by atoms with E-state index in [9.17, 15) is 14.3 Å². The lowest BCUT2D eigenvalue weighted by Crippen LogP contribution is -2.41. The number of hydrogen-bond donors (Lipinski definition) is 4. The lowest BCUT2D eigenvalue weighted by molar-refractivity contribution is 0.0698. The maximum Gasteiger partial charge on any atom is 0.340 e. The highest BCUT2D eigenvalue weighted by Crippen LogP contribution is 2.29. The number of carbonyl (C=O) groups is 1. The molecule has 0 heterocycles. The van der Waals surface area contributed by atoms with Gasteiger partial charge in [-0.1, -0.05) is 13.8 Å². The number of hydrogen-bond acceptors (Lipinski definition) is 4. The SMILES string of the molecule is CCC(CC)(CO)Nc1ccc(F)c(N)c1C(=O)O. The van der Waals surface area contributed by atoms with Gasteiger partial charge in [0.2, 0.25) is 0 Å². The van der Waals surface area contributed by atoms with Crippen LogP contribution in [0.5, 0.6) is 0 Å². The first-order chi connectivity index (χ1) is 8.90. The second kappa shape index (κ2) is 5.88. The summed E-state index contributed by atoms with van der Waals surface area (Å²) in [5.74, 6) is -2.08. The Hall–Kier alpha value is -1.82. The first-order valence-corrected chi connectivity index (χ1v) is 6.11. The summed E-state index contributed by atoms with van der Waals surface area (Å²) < 4.78 is 13.3. The van der Waals surface area contributed by atoms with Gasteiger partial charge in [0.1, 0.15) is 11.4 Å². The number of carboxylic acids is 1. The van der Waals surface area contributed by atoms with Gasteiger partial charge in [0.25, 0.3) is 0 Å². The van der Waals surface area contributed by atoms with Crippen molar-refractivity contribution in [1.82, 2.24) is 0 Å². The van der Waals surface area contributed by atoms with E-state index in [0.29, 0.717) is 12.8 Å². The number of nitrogen functional groups attached to an aromatic ring is 1. The van der Waals surface area contributed by atoms with Crippen LogP contribution < -0.4 is 11.1 Å². The quantitative estimate of drug-likeness (QED) is 0.593. The van der Waals surface area contributed by atoms with Crippen LogP contribution in [-0.4, -0.2) is 28.3 Å². The van der Waals surface area contributed by atoms with Crippen molar-refractivity contribution in [2.45, 2.75) is 32.2 Å². The predicted molar refractivity (Wildman–Crippen MR) is 71.8 cm³/mol. The Kier molecular flexibility index (Phi) is 4.72. The fourth-order valence-corrected chi connectivity index (χ4v) is 1.90. The van der Waals surface area contributed by atoms with E-state index in [1.54, 1.807) is 0 Å².